The van der Waals surface area contributed by atoms with Gasteiger partial charge in [0, 0.05) is 18.5 Å². The molecule has 0 amide bonds. The van der Waals surface area contributed by atoms with Crippen molar-refractivity contribution in [3.8, 4) is 0 Å². The van der Waals surface area contributed by atoms with Crippen LogP contribution in [0.25, 0.3) is 0 Å². The molecule has 0 aliphatic heterocycles. The lowest BCUT2D eigenvalue weighted by Crippen LogP contribution is -2.28. The topological polar surface area (TPSA) is 60.2 Å². The second-order valence-electron chi connectivity index (χ2n) is 6.15. The van der Waals surface area contributed by atoms with Gasteiger partial charge in [0.2, 0.25) is 0 Å². The maximum absolute atomic E-state index is 12.9. The van der Waals surface area contributed by atoms with Crippen LogP contribution in [-0.4, -0.2) is 11.6 Å². The van der Waals surface area contributed by atoms with E-state index in [1.807, 2.05) is 12.1 Å². The van der Waals surface area contributed by atoms with Crippen molar-refractivity contribution in [2.75, 3.05) is 5.73 Å². The van der Waals surface area contributed by atoms with E-state index in [1.165, 1.54) is 12.1 Å². The molecule has 3 nitrogen and oxygen atoms in total. The Labute approximate surface area is 134 Å². The summed E-state index contributed by atoms with van der Waals surface area (Å²) in [6.07, 6.45) is 1.64. The smallest absolute Gasteiger partial charge is 0.150 e. The Balaban J connectivity index is 1.68. The third-order valence-corrected chi connectivity index (χ3v) is 4.44. The molecule has 23 heavy (non-hydrogen) atoms. The number of rotatable bonds is 6. The van der Waals surface area contributed by atoms with Crippen LogP contribution in [0.2, 0.25) is 0 Å². The molecule has 0 heterocycles. The van der Waals surface area contributed by atoms with Gasteiger partial charge in [-0.2, -0.15) is 0 Å². The molecule has 0 atom stereocenters. The molecule has 1 aliphatic carbocycles. The quantitative estimate of drug-likeness (QED) is 0.658. The van der Waals surface area contributed by atoms with Crippen LogP contribution in [0.4, 0.5) is 10.1 Å². The van der Waals surface area contributed by atoms with Crippen molar-refractivity contribution in [1.82, 2.24) is 0 Å². The van der Waals surface area contributed by atoms with E-state index in [-0.39, 0.29) is 30.2 Å². The molecule has 118 valence electrons. The Morgan fingerprint density at radius 3 is 1.74 bits per heavy atom. The van der Waals surface area contributed by atoms with Crippen LogP contribution in [0.5, 0.6) is 0 Å². The van der Waals surface area contributed by atoms with Crippen LogP contribution in [0, 0.1) is 11.2 Å². The number of nitrogen functional groups attached to an aromatic ring is 1. The zero-order valence-corrected chi connectivity index (χ0v) is 12.7. The van der Waals surface area contributed by atoms with Crippen molar-refractivity contribution in [2.45, 2.75) is 25.7 Å². The first-order valence-corrected chi connectivity index (χ1v) is 7.65. The van der Waals surface area contributed by atoms with Gasteiger partial charge in [-0.15, -0.1) is 0 Å². The fourth-order valence-electron chi connectivity index (χ4n) is 2.79. The Morgan fingerprint density at radius 2 is 1.30 bits per heavy atom. The first kappa shape index (κ1) is 15.4. The van der Waals surface area contributed by atoms with Gasteiger partial charge in [-0.1, -0.05) is 24.3 Å². The summed E-state index contributed by atoms with van der Waals surface area (Å²) in [4.78, 5) is 25.1. The molecular formula is C19H18FNO2. The number of benzene rings is 2. The van der Waals surface area contributed by atoms with Crippen LogP contribution in [0.15, 0.2) is 48.5 Å². The number of ketones is 2. The van der Waals surface area contributed by atoms with Crippen molar-refractivity contribution in [1.29, 1.82) is 0 Å². The minimum Gasteiger partial charge on any atom is -0.399 e. The van der Waals surface area contributed by atoms with E-state index in [9.17, 15) is 14.0 Å². The molecule has 3 rings (SSSR count). The lowest BCUT2D eigenvalue weighted by atomic mass is 9.88. The van der Waals surface area contributed by atoms with Gasteiger partial charge < -0.3 is 5.73 Å². The third-order valence-electron chi connectivity index (χ3n) is 4.44. The minimum atomic E-state index is -0.838. The van der Waals surface area contributed by atoms with Gasteiger partial charge in [-0.05, 0) is 48.2 Å². The summed E-state index contributed by atoms with van der Waals surface area (Å²) in [7, 11) is 0. The lowest BCUT2D eigenvalue weighted by Gasteiger charge is -2.13. The molecule has 0 spiro atoms. The molecule has 4 heteroatoms. The molecule has 1 aliphatic rings. The number of anilines is 1. The zero-order chi connectivity index (χ0) is 16.4. The van der Waals surface area contributed by atoms with Crippen LogP contribution >= 0.6 is 0 Å². The lowest BCUT2D eigenvalue weighted by molar-refractivity contribution is -0.133. The summed E-state index contributed by atoms with van der Waals surface area (Å²) in [5.41, 5.74) is 7.05. The van der Waals surface area contributed by atoms with E-state index in [0.29, 0.717) is 18.5 Å². The van der Waals surface area contributed by atoms with Crippen molar-refractivity contribution in [3.05, 3.63) is 65.5 Å². The van der Waals surface area contributed by atoms with Crippen LogP contribution in [0.1, 0.15) is 24.0 Å². The predicted molar refractivity (Wildman–Crippen MR) is 86.3 cm³/mol. The van der Waals surface area contributed by atoms with Gasteiger partial charge in [0.15, 0.2) is 11.6 Å². The second kappa shape index (κ2) is 5.95. The maximum Gasteiger partial charge on any atom is 0.150 e. The molecule has 1 saturated carbocycles. The van der Waals surface area contributed by atoms with Gasteiger partial charge in [0.1, 0.15) is 5.82 Å². The number of carbonyl (C=O) groups is 2. The monoisotopic (exact) mass is 311 g/mol. The highest BCUT2D eigenvalue weighted by Gasteiger charge is 2.54. The molecular weight excluding hydrogens is 293 g/mol. The maximum atomic E-state index is 12.9. The Morgan fingerprint density at radius 1 is 0.870 bits per heavy atom. The predicted octanol–water partition coefficient (Wildman–Crippen LogP) is 3.11. The highest BCUT2D eigenvalue weighted by molar-refractivity contribution is 6.10. The third kappa shape index (κ3) is 3.31. The molecule has 0 saturated heterocycles. The number of Topliss-reactive ketones (excluding diaryl/α,β-unsaturated/α-hetero) is 2. The summed E-state index contributed by atoms with van der Waals surface area (Å²) < 4.78 is 12.9. The van der Waals surface area contributed by atoms with Crippen LogP contribution in [-0.2, 0) is 22.4 Å². The SMILES string of the molecule is Nc1ccc(CC(=O)C2(C(=O)Cc3ccc(F)cc3)CC2)cc1. The average Bonchev–Trinajstić information content (AvgIpc) is 3.34. The molecule has 2 N–H and O–H groups in total. The standard InChI is InChI=1S/C19H18FNO2/c20-15-5-1-13(2-6-15)11-17(22)19(9-10-19)18(23)12-14-3-7-16(21)8-4-14/h1-8H,9-12,21H2. The van der Waals surface area contributed by atoms with Crippen molar-refractivity contribution >= 4 is 17.3 Å². The molecule has 1 fully saturated rings. The molecule has 0 radical (unpaired) electrons. The first-order valence-electron chi connectivity index (χ1n) is 7.65. The number of nitrogens with two attached hydrogens (primary N) is 1. The van der Waals surface area contributed by atoms with E-state index in [0.717, 1.165) is 11.1 Å². The number of hydrogen-bond donors (Lipinski definition) is 1. The van der Waals surface area contributed by atoms with Crippen molar-refractivity contribution in [3.63, 3.8) is 0 Å². The summed E-state index contributed by atoms with van der Waals surface area (Å²) >= 11 is 0. The summed E-state index contributed by atoms with van der Waals surface area (Å²) in [6, 6.07) is 13.0. The van der Waals surface area contributed by atoms with E-state index >= 15 is 0 Å². The summed E-state index contributed by atoms with van der Waals surface area (Å²) in [5.74, 6) is -0.430. The zero-order valence-electron chi connectivity index (χ0n) is 12.7. The molecule has 0 aromatic heterocycles. The van der Waals surface area contributed by atoms with Gasteiger partial charge in [-0.25, -0.2) is 4.39 Å². The van der Waals surface area contributed by atoms with Gasteiger partial charge in [0.05, 0.1) is 5.41 Å². The van der Waals surface area contributed by atoms with E-state index in [1.54, 1.807) is 24.3 Å². The average molecular weight is 311 g/mol. The first-order chi connectivity index (χ1) is 11.0. The van der Waals surface area contributed by atoms with Gasteiger partial charge in [-0.3, -0.25) is 9.59 Å². The number of halogens is 1. The molecule has 0 unspecified atom stereocenters. The normalized spacial score (nSPS) is 15.2. The minimum absolute atomic E-state index is 0.0330. The van der Waals surface area contributed by atoms with Crippen LogP contribution < -0.4 is 5.73 Å². The second-order valence-corrected chi connectivity index (χ2v) is 6.15. The van der Waals surface area contributed by atoms with Crippen molar-refractivity contribution < 1.29 is 14.0 Å². The fourth-order valence-corrected chi connectivity index (χ4v) is 2.79. The van der Waals surface area contributed by atoms with Crippen LogP contribution in [0.3, 0.4) is 0 Å². The molecule has 2 aromatic rings. The summed E-state index contributed by atoms with van der Waals surface area (Å²) in [5, 5.41) is 0. The Kier molecular flexibility index (Phi) is 3.99. The highest BCUT2D eigenvalue weighted by atomic mass is 19.1. The fraction of sp³-hybridized carbons (Fsp3) is 0.263. The summed E-state index contributed by atoms with van der Waals surface area (Å²) in [6.45, 7) is 0. The number of hydrogen-bond acceptors (Lipinski definition) is 3. The largest absolute Gasteiger partial charge is 0.399 e. The highest BCUT2D eigenvalue weighted by Crippen LogP contribution is 2.48. The Hall–Kier alpha value is -2.49. The van der Waals surface area contributed by atoms with E-state index < -0.39 is 5.41 Å². The van der Waals surface area contributed by atoms with E-state index in [4.69, 9.17) is 5.73 Å². The molecule has 0 bridgehead atoms. The Bertz CT molecular complexity index is 669. The van der Waals surface area contributed by atoms with E-state index in [2.05, 4.69) is 0 Å². The number of carbonyl (C=O) groups excluding carboxylic acids is 2. The molecule has 2 aromatic carbocycles. The van der Waals surface area contributed by atoms with Gasteiger partial charge >= 0.3 is 0 Å². The van der Waals surface area contributed by atoms with Gasteiger partial charge in [0.25, 0.3) is 0 Å². The van der Waals surface area contributed by atoms with Crippen molar-refractivity contribution in [2.24, 2.45) is 5.41 Å².